The highest BCUT2D eigenvalue weighted by Crippen LogP contribution is 2.29. The first kappa shape index (κ1) is 15.5. The van der Waals surface area contributed by atoms with Crippen molar-refractivity contribution in [3.8, 4) is 11.8 Å². The molecule has 2 aromatic carbocycles. The van der Waals surface area contributed by atoms with Crippen molar-refractivity contribution in [2.24, 2.45) is 0 Å². The summed E-state index contributed by atoms with van der Waals surface area (Å²) < 4.78 is 19.8. The van der Waals surface area contributed by atoms with Gasteiger partial charge in [0.25, 0.3) is 0 Å². The lowest BCUT2D eigenvalue weighted by Gasteiger charge is -2.14. The number of benzene rings is 2. The molecule has 0 aliphatic heterocycles. The lowest BCUT2D eigenvalue weighted by molar-refractivity contribution is 0.190. The smallest absolute Gasteiger partial charge is 0.140 e. The first-order valence-corrected chi connectivity index (χ1v) is 7.09. The molecule has 0 fully saturated rings. The van der Waals surface area contributed by atoms with Crippen molar-refractivity contribution in [3.63, 3.8) is 0 Å². The summed E-state index contributed by atoms with van der Waals surface area (Å²) in [4.78, 5) is 0. The summed E-state index contributed by atoms with van der Waals surface area (Å²) in [6.45, 7) is 1.84. The van der Waals surface area contributed by atoms with E-state index in [1.165, 1.54) is 12.1 Å². The van der Waals surface area contributed by atoms with Crippen LogP contribution in [-0.2, 0) is 6.61 Å². The number of nitriles is 1. The van der Waals surface area contributed by atoms with Crippen molar-refractivity contribution in [1.82, 2.24) is 0 Å². The van der Waals surface area contributed by atoms with Crippen molar-refractivity contribution in [1.29, 1.82) is 5.26 Å². The first-order valence-electron chi connectivity index (χ1n) is 6.30. The number of rotatable bonds is 4. The van der Waals surface area contributed by atoms with Crippen LogP contribution in [0.5, 0.6) is 5.75 Å². The van der Waals surface area contributed by atoms with Crippen molar-refractivity contribution in [2.45, 2.75) is 19.6 Å². The van der Waals surface area contributed by atoms with E-state index in [1.54, 1.807) is 31.2 Å². The summed E-state index contributed by atoms with van der Waals surface area (Å²) in [6.07, 6.45) is -0.656. The number of halogens is 2. The Kier molecular flexibility index (Phi) is 4.94. The Labute approximate surface area is 130 Å². The van der Waals surface area contributed by atoms with Crippen LogP contribution in [0, 0.1) is 17.1 Å². The Morgan fingerprint density at radius 3 is 2.76 bits per heavy atom. The number of ether oxygens (including phenoxy) is 1. The van der Waals surface area contributed by atoms with Crippen LogP contribution in [0.15, 0.2) is 40.9 Å². The Morgan fingerprint density at radius 1 is 1.33 bits per heavy atom. The number of aliphatic hydroxyl groups excluding tert-OH is 1. The van der Waals surface area contributed by atoms with E-state index in [2.05, 4.69) is 15.9 Å². The molecule has 2 rings (SSSR count). The minimum absolute atomic E-state index is 0.0129. The molecule has 0 heterocycles. The fraction of sp³-hybridized carbons (Fsp3) is 0.188. The zero-order chi connectivity index (χ0) is 15.4. The molecule has 5 heteroatoms. The van der Waals surface area contributed by atoms with Crippen LogP contribution in [0.3, 0.4) is 0 Å². The maximum Gasteiger partial charge on any atom is 0.140 e. The summed E-state index contributed by atoms with van der Waals surface area (Å²) in [5, 5.41) is 18.5. The molecule has 0 bridgehead atoms. The van der Waals surface area contributed by atoms with E-state index >= 15 is 0 Å². The number of hydrogen-bond donors (Lipinski definition) is 1. The topological polar surface area (TPSA) is 53.2 Å². The molecule has 0 saturated heterocycles. The molecule has 3 nitrogen and oxygen atoms in total. The molecule has 0 amide bonds. The predicted molar refractivity (Wildman–Crippen MR) is 80.2 cm³/mol. The monoisotopic (exact) mass is 349 g/mol. The standard InChI is InChI=1S/C16H13BrFNO2/c1-10(20)14-4-3-13(17)7-16(14)21-9-11-2-5-15(18)12(6-11)8-19/h2-7,10,20H,9H2,1H3/t10-/m0/s1. The highest BCUT2D eigenvalue weighted by Gasteiger charge is 2.10. The molecular weight excluding hydrogens is 337 g/mol. The summed E-state index contributed by atoms with van der Waals surface area (Å²) in [5.41, 5.74) is 1.34. The molecule has 21 heavy (non-hydrogen) atoms. The Bertz CT molecular complexity index is 695. The second-order valence-corrected chi connectivity index (χ2v) is 5.49. The lowest BCUT2D eigenvalue weighted by atomic mass is 10.1. The fourth-order valence-electron chi connectivity index (χ4n) is 1.89. The van der Waals surface area contributed by atoms with Gasteiger partial charge in [0.15, 0.2) is 0 Å². The Morgan fingerprint density at radius 2 is 2.10 bits per heavy atom. The van der Waals surface area contributed by atoms with Gasteiger partial charge in [-0.15, -0.1) is 0 Å². The Balaban J connectivity index is 2.20. The minimum atomic E-state index is -0.656. The SMILES string of the molecule is C[C@H](O)c1ccc(Br)cc1OCc1ccc(F)c(C#N)c1. The van der Waals surface area contributed by atoms with Gasteiger partial charge in [0.1, 0.15) is 24.2 Å². The van der Waals surface area contributed by atoms with Gasteiger partial charge in [-0.05, 0) is 36.8 Å². The molecule has 0 radical (unpaired) electrons. The van der Waals surface area contributed by atoms with E-state index in [4.69, 9.17) is 10.00 Å². The maximum absolute atomic E-state index is 13.3. The normalized spacial score (nSPS) is 11.8. The third kappa shape index (κ3) is 3.81. The van der Waals surface area contributed by atoms with Crippen molar-refractivity contribution >= 4 is 15.9 Å². The summed E-state index contributed by atoms with van der Waals surface area (Å²) in [7, 11) is 0. The molecule has 0 aromatic heterocycles. The third-order valence-electron chi connectivity index (χ3n) is 2.97. The zero-order valence-electron chi connectivity index (χ0n) is 11.3. The van der Waals surface area contributed by atoms with Crippen LogP contribution >= 0.6 is 15.9 Å². The predicted octanol–water partition coefficient (Wildman–Crippen LogP) is 4.09. The van der Waals surface area contributed by atoms with Crippen LogP contribution < -0.4 is 4.74 Å². The van der Waals surface area contributed by atoms with Crippen LogP contribution in [0.2, 0.25) is 0 Å². The van der Waals surface area contributed by atoms with Crippen molar-refractivity contribution in [3.05, 3.63) is 63.4 Å². The number of hydrogen-bond acceptors (Lipinski definition) is 3. The Hall–Kier alpha value is -1.90. The number of aliphatic hydroxyl groups is 1. The second kappa shape index (κ2) is 6.70. The average molecular weight is 350 g/mol. The van der Waals surface area contributed by atoms with Gasteiger partial charge in [-0.25, -0.2) is 4.39 Å². The van der Waals surface area contributed by atoms with E-state index in [1.807, 2.05) is 6.07 Å². The molecule has 1 atom stereocenters. The van der Waals surface area contributed by atoms with Crippen molar-refractivity contribution < 1.29 is 14.2 Å². The second-order valence-electron chi connectivity index (χ2n) is 4.57. The molecule has 1 N–H and O–H groups in total. The van der Waals surface area contributed by atoms with Gasteiger partial charge in [0, 0.05) is 10.0 Å². The van der Waals surface area contributed by atoms with Gasteiger partial charge >= 0.3 is 0 Å². The zero-order valence-corrected chi connectivity index (χ0v) is 12.9. The molecule has 108 valence electrons. The van der Waals surface area contributed by atoms with Crippen LogP contribution in [0.1, 0.15) is 29.7 Å². The quantitative estimate of drug-likeness (QED) is 0.904. The third-order valence-corrected chi connectivity index (χ3v) is 3.46. The first-order chi connectivity index (χ1) is 10.0. The highest BCUT2D eigenvalue weighted by molar-refractivity contribution is 9.10. The van der Waals surface area contributed by atoms with E-state index in [0.717, 1.165) is 4.47 Å². The summed E-state index contributed by atoms with van der Waals surface area (Å²) >= 11 is 3.35. The van der Waals surface area contributed by atoms with E-state index in [-0.39, 0.29) is 12.2 Å². The van der Waals surface area contributed by atoms with Gasteiger partial charge in [-0.1, -0.05) is 28.1 Å². The van der Waals surface area contributed by atoms with Gasteiger partial charge in [-0.2, -0.15) is 5.26 Å². The van der Waals surface area contributed by atoms with Crippen LogP contribution in [0.4, 0.5) is 4.39 Å². The van der Waals surface area contributed by atoms with E-state index < -0.39 is 11.9 Å². The molecule has 0 unspecified atom stereocenters. The number of nitrogens with zero attached hydrogens (tertiary/aromatic N) is 1. The maximum atomic E-state index is 13.3. The molecule has 0 aliphatic rings. The average Bonchev–Trinajstić information content (AvgIpc) is 2.46. The van der Waals surface area contributed by atoms with E-state index in [9.17, 15) is 9.50 Å². The van der Waals surface area contributed by atoms with Gasteiger partial charge in [-0.3, -0.25) is 0 Å². The fourth-order valence-corrected chi connectivity index (χ4v) is 2.23. The highest BCUT2D eigenvalue weighted by atomic mass is 79.9. The van der Waals surface area contributed by atoms with Crippen molar-refractivity contribution in [2.75, 3.05) is 0 Å². The minimum Gasteiger partial charge on any atom is -0.488 e. The lowest BCUT2D eigenvalue weighted by Crippen LogP contribution is -2.01. The van der Waals surface area contributed by atoms with Crippen LogP contribution in [0.25, 0.3) is 0 Å². The molecule has 0 aliphatic carbocycles. The van der Waals surface area contributed by atoms with Gasteiger partial charge in [0.05, 0.1) is 11.7 Å². The molecule has 2 aromatic rings. The molecule has 0 saturated carbocycles. The van der Waals surface area contributed by atoms with E-state index in [0.29, 0.717) is 16.9 Å². The van der Waals surface area contributed by atoms with Crippen LogP contribution in [-0.4, -0.2) is 5.11 Å². The molecular formula is C16H13BrFNO2. The summed E-state index contributed by atoms with van der Waals surface area (Å²) in [6, 6.07) is 11.4. The largest absolute Gasteiger partial charge is 0.488 e. The van der Waals surface area contributed by atoms with Gasteiger partial charge in [0.2, 0.25) is 0 Å². The van der Waals surface area contributed by atoms with Gasteiger partial charge < -0.3 is 9.84 Å². The molecule has 0 spiro atoms. The summed E-state index contributed by atoms with van der Waals surface area (Å²) in [5.74, 6) is -0.00409.